The van der Waals surface area contributed by atoms with Crippen molar-refractivity contribution in [1.29, 1.82) is 0 Å². The third kappa shape index (κ3) is 4.76. The molecule has 1 heterocycles. The number of anilines is 1. The number of nitrogens with one attached hydrogen (secondary N) is 1. The van der Waals surface area contributed by atoms with Gasteiger partial charge in [-0.15, -0.1) is 21.8 Å². The van der Waals surface area contributed by atoms with Gasteiger partial charge in [0.25, 0.3) is 0 Å². The summed E-state index contributed by atoms with van der Waals surface area (Å²) in [5.74, 6) is -0.488. The molecule has 0 aliphatic heterocycles. The normalized spacial score (nSPS) is 11.3. The molecule has 2 rings (SSSR count). The lowest BCUT2D eigenvalue weighted by molar-refractivity contribution is -0.113. The van der Waals surface area contributed by atoms with Crippen LogP contribution >= 0.6 is 22.9 Å². The van der Waals surface area contributed by atoms with Gasteiger partial charge in [-0.25, -0.2) is 8.42 Å². The summed E-state index contributed by atoms with van der Waals surface area (Å²) in [6.45, 7) is 0. The molecule has 9 heteroatoms. The Balaban J connectivity index is 2.14. The second-order valence-electron chi connectivity index (χ2n) is 4.36. The van der Waals surface area contributed by atoms with E-state index in [4.69, 9.17) is 11.6 Å². The highest BCUT2D eigenvalue weighted by Gasteiger charge is 2.10. The van der Waals surface area contributed by atoms with Crippen LogP contribution in [0.4, 0.5) is 5.13 Å². The van der Waals surface area contributed by atoms with Crippen LogP contribution in [0.15, 0.2) is 24.3 Å². The van der Waals surface area contributed by atoms with E-state index in [2.05, 4.69) is 15.5 Å². The molecule has 0 aliphatic carbocycles. The number of nitrogens with zero attached hydrogens (tertiary/aromatic N) is 2. The van der Waals surface area contributed by atoms with Crippen LogP contribution in [0, 0.1) is 0 Å². The highest BCUT2D eigenvalue weighted by atomic mass is 35.5. The summed E-state index contributed by atoms with van der Waals surface area (Å²) in [7, 11) is -3.05. The molecule has 0 aliphatic rings. The van der Waals surface area contributed by atoms with E-state index in [0.29, 0.717) is 15.7 Å². The predicted octanol–water partition coefficient (Wildman–Crippen LogP) is 1.93. The Morgan fingerprint density at radius 1 is 1.29 bits per heavy atom. The monoisotopic (exact) mass is 345 g/mol. The number of rotatable bonds is 5. The molecule has 0 radical (unpaired) electrons. The molecular weight excluding hydrogens is 334 g/mol. The number of halogens is 1. The van der Waals surface area contributed by atoms with Gasteiger partial charge >= 0.3 is 0 Å². The molecule has 2 aromatic rings. The van der Waals surface area contributed by atoms with Crippen molar-refractivity contribution in [3.8, 4) is 10.6 Å². The summed E-state index contributed by atoms with van der Waals surface area (Å²) in [6.07, 6.45) is 1.19. The molecule has 0 spiro atoms. The van der Waals surface area contributed by atoms with Crippen molar-refractivity contribution in [2.75, 3.05) is 17.5 Å². The van der Waals surface area contributed by atoms with E-state index in [1.807, 2.05) is 0 Å². The fourth-order valence-corrected chi connectivity index (χ4v) is 3.22. The van der Waals surface area contributed by atoms with Crippen molar-refractivity contribution in [2.24, 2.45) is 0 Å². The van der Waals surface area contributed by atoms with Crippen LogP contribution < -0.4 is 5.32 Å². The highest BCUT2D eigenvalue weighted by Crippen LogP contribution is 2.26. The molecule has 0 bridgehead atoms. The maximum Gasteiger partial charge on any atom is 0.241 e. The van der Waals surface area contributed by atoms with Gasteiger partial charge in [-0.2, -0.15) is 0 Å². The summed E-state index contributed by atoms with van der Waals surface area (Å²) < 4.78 is 22.4. The average Bonchev–Trinajstić information content (AvgIpc) is 2.86. The summed E-state index contributed by atoms with van der Waals surface area (Å²) in [5, 5.41) is 11.3. The van der Waals surface area contributed by atoms with E-state index in [1.54, 1.807) is 24.3 Å². The Bertz CT molecular complexity index is 741. The lowest BCUT2D eigenvalue weighted by Crippen LogP contribution is -2.12. The van der Waals surface area contributed by atoms with Crippen LogP contribution in [0.25, 0.3) is 10.6 Å². The molecule has 1 aromatic heterocycles. The van der Waals surface area contributed by atoms with Gasteiger partial charge < -0.3 is 0 Å². The van der Waals surface area contributed by atoms with Crippen molar-refractivity contribution in [3.63, 3.8) is 0 Å². The van der Waals surface area contributed by atoms with Crippen molar-refractivity contribution in [2.45, 2.75) is 5.75 Å². The zero-order valence-corrected chi connectivity index (χ0v) is 13.4. The first-order valence-corrected chi connectivity index (χ1v) is 9.25. The number of alkyl halides is 1. The van der Waals surface area contributed by atoms with Gasteiger partial charge in [0, 0.05) is 11.8 Å². The Labute approximate surface area is 131 Å². The average molecular weight is 346 g/mol. The molecule has 0 saturated heterocycles. The SMILES string of the molecule is CS(=O)(=O)Cc1ccc(-c2nnc(NC(=O)CCl)s2)cc1. The predicted molar refractivity (Wildman–Crippen MR) is 83.2 cm³/mol. The number of carbonyl (C=O) groups is 1. The Hall–Kier alpha value is -1.51. The Morgan fingerprint density at radius 2 is 1.95 bits per heavy atom. The first-order chi connectivity index (χ1) is 9.87. The second-order valence-corrected chi connectivity index (χ2v) is 7.75. The van der Waals surface area contributed by atoms with Crippen LogP contribution in [0.3, 0.4) is 0 Å². The molecule has 1 amide bonds. The van der Waals surface area contributed by atoms with Crippen LogP contribution in [-0.4, -0.2) is 36.7 Å². The Morgan fingerprint density at radius 3 is 2.52 bits per heavy atom. The topological polar surface area (TPSA) is 89.0 Å². The third-order valence-electron chi connectivity index (χ3n) is 2.42. The van der Waals surface area contributed by atoms with Crippen molar-refractivity contribution >= 4 is 43.8 Å². The fraction of sp³-hybridized carbons (Fsp3) is 0.250. The van der Waals surface area contributed by atoms with E-state index in [1.165, 1.54) is 17.6 Å². The summed E-state index contributed by atoms with van der Waals surface area (Å²) >= 11 is 6.61. The minimum atomic E-state index is -3.05. The molecule has 0 fully saturated rings. The lowest BCUT2D eigenvalue weighted by Gasteiger charge is -2.00. The standard InChI is InChI=1S/C12H12ClN3O3S2/c1-21(18,19)7-8-2-4-9(5-3-8)11-15-16-12(20-11)14-10(17)6-13/h2-5H,6-7H2,1H3,(H,14,16,17). The number of sulfone groups is 1. The molecule has 6 nitrogen and oxygen atoms in total. The van der Waals surface area contributed by atoms with Gasteiger partial charge in [0.05, 0.1) is 5.75 Å². The number of carbonyl (C=O) groups excluding carboxylic acids is 1. The molecule has 112 valence electrons. The number of aromatic nitrogens is 2. The van der Waals surface area contributed by atoms with Crippen molar-refractivity contribution < 1.29 is 13.2 Å². The quantitative estimate of drug-likeness (QED) is 0.836. The number of hydrogen-bond donors (Lipinski definition) is 1. The van der Waals surface area contributed by atoms with E-state index < -0.39 is 9.84 Å². The minimum Gasteiger partial charge on any atom is -0.299 e. The maximum absolute atomic E-state index is 11.2. The molecule has 1 aromatic carbocycles. The first kappa shape index (κ1) is 15.9. The summed E-state index contributed by atoms with van der Waals surface area (Å²) in [5.41, 5.74) is 1.51. The minimum absolute atomic E-state index is 0.000425. The smallest absolute Gasteiger partial charge is 0.241 e. The number of benzene rings is 1. The molecule has 21 heavy (non-hydrogen) atoms. The van der Waals surface area contributed by atoms with Crippen LogP contribution in [-0.2, 0) is 20.4 Å². The van der Waals surface area contributed by atoms with E-state index in [-0.39, 0.29) is 17.5 Å². The van der Waals surface area contributed by atoms with Gasteiger partial charge in [-0.3, -0.25) is 10.1 Å². The highest BCUT2D eigenvalue weighted by molar-refractivity contribution is 7.89. The fourth-order valence-electron chi connectivity index (χ4n) is 1.59. The zero-order valence-electron chi connectivity index (χ0n) is 11.0. The van der Waals surface area contributed by atoms with Gasteiger partial charge in [-0.1, -0.05) is 35.6 Å². The van der Waals surface area contributed by atoms with Gasteiger partial charge in [0.1, 0.15) is 10.9 Å². The van der Waals surface area contributed by atoms with Crippen LogP contribution in [0.5, 0.6) is 0 Å². The van der Waals surface area contributed by atoms with Gasteiger partial charge in [-0.05, 0) is 5.56 Å². The molecule has 0 atom stereocenters. The third-order valence-corrected chi connectivity index (χ3v) is 4.41. The second kappa shape index (κ2) is 6.50. The number of amides is 1. The van der Waals surface area contributed by atoms with Crippen molar-refractivity contribution in [1.82, 2.24) is 10.2 Å². The van der Waals surface area contributed by atoms with Gasteiger partial charge in [0.2, 0.25) is 11.0 Å². The van der Waals surface area contributed by atoms with Crippen LogP contribution in [0.1, 0.15) is 5.56 Å². The number of hydrogen-bond acceptors (Lipinski definition) is 6. The summed E-state index contributed by atoms with van der Waals surface area (Å²) in [4.78, 5) is 11.1. The van der Waals surface area contributed by atoms with Crippen LogP contribution in [0.2, 0.25) is 0 Å². The van der Waals surface area contributed by atoms with E-state index >= 15 is 0 Å². The molecule has 1 N–H and O–H groups in total. The first-order valence-electron chi connectivity index (χ1n) is 5.84. The molecule has 0 saturated carbocycles. The molecule has 0 unspecified atom stereocenters. The lowest BCUT2D eigenvalue weighted by atomic mass is 10.2. The Kier molecular flexibility index (Phi) is 4.92. The van der Waals surface area contributed by atoms with E-state index in [0.717, 1.165) is 5.56 Å². The largest absolute Gasteiger partial charge is 0.299 e. The van der Waals surface area contributed by atoms with E-state index in [9.17, 15) is 13.2 Å². The summed E-state index contributed by atoms with van der Waals surface area (Å²) in [6, 6.07) is 7.01. The van der Waals surface area contributed by atoms with Crippen molar-refractivity contribution in [3.05, 3.63) is 29.8 Å². The van der Waals surface area contributed by atoms with Gasteiger partial charge in [0.15, 0.2) is 9.84 Å². The molecular formula is C12H12ClN3O3S2. The zero-order chi connectivity index (χ0) is 15.5. The maximum atomic E-state index is 11.2.